The maximum Gasteiger partial charge on any atom is 0.0571 e. The molecule has 0 saturated heterocycles. The van der Waals surface area contributed by atoms with Crippen molar-refractivity contribution in [2.24, 2.45) is 0 Å². The van der Waals surface area contributed by atoms with Crippen molar-refractivity contribution in [3.8, 4) is 0 Å². The first-order chi connectivity index (χ1) is 7.27. The predicted molar refractivity (Wildman–Crippen MR) is 70.1 cm³/mol. The lowest BCUT2D eigenvalue weighted by Crippen LogP contribution is -2.20. The molecule has 0 aromatic carbocycles. The SMILES string of the molecule is CCNc1cncc(N(C)CCSC)c1. The van der Waals surface area contributed by atoms with Crippen LogP contribution in [0, 0.1) is 0 Å². The first-order valence-corrected chi connectivity index (χ1v) is 6.56. The van der Waals surface area contributed by atoms with Crippen molar-refractivity contribution in [2.75, 3.05) is 42.4 Å². The van der Waals surface area contributed by atoms with Gasteiger partial charge >= 0.3 is 0 Å². The van der Waals surface area contributed by atoms with Crippen LogP contribution in [0.25, 0.3) is 0 Å². The molecule has 84 valence electrons. The van der Waals surface area contributed by atoms with Gasteiger partial charge in [-0.2, -0.15) is 11.8 Å². The third-order valence-corrected chi connectivity index (χ3v) is 2.77. The van der Waals surface area contributed by atoms with Gasteiger partial charge in [0.25, 0.3) is 0 Å². The summed E-state index contributed by atoms with van der Waals surface area (Å²) in [7, 11) is 2.10. The molecule has 3 nitrogen and oxygen atoms in total. The van der Waals surface area contributed by atoms with Crippen molar-refractivity contribution >= 4 is 23.1 Å². The highest BCUT2D eigenvalue weighted by Gasteiger charge is 2.01. The topological polar surface area (TPSA) is 28.2 Å². The van der Waals surface area contributed by atoms with E-state index >= 15 is 0 Å². The molecule has 0 unspecified atom stereocenters. The lowest BCUT2D eigenvalue weighted by molar-refractivity contribution is 0.970. The number of thioether (sulfide) groups is 1. The Kier molecular flexibility index (Phi) is 5.32. The van der Waals surface area contributed by atoms with Crippen LogP contribution in [0.15, 0.2) is 18.5 Å². The Balaban J connectivity index is 2.62. The molecule has 1 heterocycles. The fourth-order valence-corrected chi connectivity index (χ4v) is 1.75. The average molecular weight is 225 g/mol. The fraction of sp³-hybridized carbons (Fsp3) is 0.545. The smallest absolute Gasteiger partial charge is 0.0571 e. The highest BCUT2D eigenvalue weighted by Crippen LogP contribution is 2.16. The number of hydrogen-bond donors (Lipinski definition) is 1. The largest absolute Gasteiger partial charge is 0.384 e. The monoisotopic (exact) mass is 225 g/mol. The van der Waals surface area contributed by atoms with Gasteiger partial charge in [0.15, 0.2) is 0 Å². The predicted octanol–water partition coefficient (Wildman–Crippen LogP) is 2.31. The van der Waals surface area contributed by atoms with Crippen LogP contribution in [0.1, 0.15) is 6.92 Å². The average Bonchev–Trinajstić information content (AvgIpc) is 2.27. The zero-order valence-electron chi connectivity index (χ0n) is 9.66. The third kappa shape index (κ3) is 4.00. The van der Waals surface area contributed by atoms with Crippen molar-refractivity contribution < 1.29 is 0 Å². The standard InChI is InChI=1S/C11H19N3S/c1-4-13-10-7-11(9-12-8-10)14(2)5-6-15-3/h7-9,13H,4-6H2,1-3H3. The maximum atomic E-state index is 4.22. The fourth-order valence-electron chi connectivity index (χ4n) is 1.29. The van der Waals surface area contributed by atoms with E-state index in [-0.39, 0.29) is 0 Å². The molecular weight excluding hydrogens is 206 g/mol. The van der Waals surface area contributed by atoms with Gasteiger partial charge in [-0.15, -0.1) is 0 Å². The molecule has 1 N–H and O–H groups in total. The highest BCUT2D eigenvalue weighted by atomic mass is 32.2. The summed E-state index contributed by atoms with van der Waals surface area (Å²) in [5, 5.41) is 3.26. The van der Waals surface area contributed by atoms with Crippen LogP contribution in [0.5, 0.6) is 0 Å². The van der Waals surface area contributed by atoms with E-state index in [9.17, 15) is 0 Å². The van der Waals surface area contributed by atoms with E-state index in [2.05, 4.69) is 41.5 Å². The molecule has 15 heavy (non-hydrogen) atoms. The number of hydrogen-bond acceptors (Lipinski definition) is 4. The van der Waals surface area contributed by atoms with Gasteiger partial charge in [-0.1, -0.05) is 0 Å². The minimum Gasteiger partial charge on any atom is -0.384 e. The van der Waals surface area contributed by atoms with Crippen molar-refractivity contribution in [1.82, 2.24) is 4.98 Å². The Morgan fingerprint density at radius 3 is 2.93 bits per heavy atom. The lowest BCUT2D eigenvalue weighted by Gasteiger charge is -2.19. The van der Waals surface area contributed by atoms with Gasteiger partial charge in [-0.3, -0.25) is 4.98 Å². The first-order valence-electron chi connectivity index (χ1n) is 5.17. The Bertz CT molecular complexity index is 291. The second kappa shape index (κ2) is 6.56. The molecular formula is C11H19N3S. The van der Waals surface area contributed by atoms with Gasteiger partial charge in [-0.25, -0.2) is 0 Å². The molecule has 1 rings (SSSR count). The number of pyridine rings is 1. The van der Waals surface area contributed by atoms with Crippen LogP contribution in [0.2, 0.25) is 0 Å². The Morgan fingerprint density at radius 2 is 2.27 bits per heavy atom. The van der Waals surface area contributed by atoms with Crippen molar-refractivity contribution in [2.45, 2.75) is 6.92 Å². The minimum atomic E-state index is 0.930. The van der Waals surface area contributed by atoms with Crippen LogP contribution in [-0.4, -0.2) is 37.1 Å². The third-order valence-electron chi connectivity index (χ3n) is 2.18. The summed E-state index contributed by atoms with van der Waals surface area (Å²) in [6.07, 6.45) is 5.89. The molecule has 1 aromatic heterocycles. The van der Waals surface area contributed by atoms with Crippen molar-refractivity contribution in [3.05, 3.63) is 18.5 Å². The summed E-state index contributed by atoms with van der Waals surface area (Å²) >= 11 is 1.86. The number of nitrogens with zero attached hydrogens (tertiary/aromatic N) is 2. The van der Waals surface area contributed by atoms with Crippen molar-refractivity contribution in [1.29, 1.82) is 0 Å². The lowest BCUT2D eigenvalue weighted by atomic mass is 10.3. The van der Waals surface area contributed by atoms with E-state index in [4.69, 9.17) is 0 Å². The molecule has 0 aliphatic heterocycles. The summed E-state index contributed by atoms with van der Waals surface area (Å²) in [5.41, 5.74) is 2.26. The normalized spacial score (nSPS) is 10.1. The molecule has 0 amide bonds. The molecule has 0 saturated carbocycles. The van der Waals surface area contributed by atoms with E-state index in [0.717, 1.165) is 24.5 Å². The molecule has 0 spiro atoms. The van der Waals surface area contributed by atoms with Gasteiger partial charge < -0.3 is 10.2 Å². The molecule has 1 aromatic rings. The van der Waals surface area contributed by atoms with Crippen LogP contribution >= 0.6 is 11.8 Å². The summed E-state index contributed by atoms with van der Waals surface area (Å²) in [6, 6.07) is 2.14. The minimum absolute atomic E-state index is 0.930. The second-order valence-electron chi connectivity index (χ2n) is 3.38. The van der Waals surface area contributed by atoms with Crippen LogP contribution in [-0.2, 0) is 0 Å². The number of rotatable bonds is 6. The van der Waals surface area contributed by atoms with E-state index in [1.165, 1.54) is 5.69 Å². The van der Waals surface area contributed by atoms with E-state index in [0.29, 0.717) is 0 Å². The van der Waals surface area contributed by atoms with Gasteiger partial charge in [0.1, 0.15) is 0 Å². The van der Waals surface area contributed by atoms with Gasteiger partial charge in [0, 0.05) is 25.9 Å². The molecule has 0 aliphatic rings. The van der Waals surface area contributed by atoms with Crippen molar-refractivity contribution in [3.63, 3.8) is 0 Å². The van der Waals surface area contributed by atoms with Crippen LogP contribution in [0.4, 0.5) is 11.4 Å². The zero-order chi connectivity index (χ0) is 11.1. The summed E-state index contributed by atoms with van der Waals surface area (Å²) in [6.45, 7) is 4.07. The Morgan fingerprint density at radius 1 is 1.47 bits per heavy atom. The van der Waals surface area contributed by atoms with Gasteiger partial charge in [-0.05, 0) is 19.2 Å². The summed E-state index contributed by atoms with van der Waals surface area (Å²) < 4.78 is 0. The molecule has 4 heteroatoms. The van der Waals surface area contributed by atoms with E-state index in [1.54, 1.807) is 0 Å². The molecule has 0 fully saturated rings. The molecule has 0 radical (unpaired) electrons. The number of aromatic nitrogens is 1. The Hall–Kier alpha value is -0.900. The van der Waals surface area contributed by atoms with Gasteiger partial charge in [0.2, 0.25) is 0 Å². The van der Waals surface area contributed by atoms with E-state index in [1.807, 2.05) is 24.2 Å². The molecule has 0 aliphatic carbocycles. The van der Waals surface area contributed by atoms with Gasteiger partial charge in [0.05, 0.1) is 23.8 Å². The number of nitrogens with one attached hydrogen (secondary N) is 1. The Labute approximate surface area is 96.3 Å². The maximum absolute atomic E-state index is 4.22. The summed E-state index contributed by atoms with van der Waals surface area (Å²) in [4.78, 5) is 6.45. The zero-order valence-corrected chi connectivity index (χ0v) is 10.5. The first kappa shape index (κ1) is 12.2. The quantitative estimate of drug-likeness (QED) is 0.804. The van der Waals surface area contributed by atoms with Crippen LogP contribution in [0.3, 0.4) is 0 Å². The van der Waals surface area contributed by atoms with Crippen LogP contribution < -0.4 is 10.2 Å². The number of anilines is 2. The summed E-state index contributed by atoms with van der Waals surface area (Å²) in [5.74, 6) is 1.14. The van der Waals surface area contributed by atoms with E-state index < -0.39 is 0 Å². The second-order valence-corrected chi connectivity index (χ2v) is 4.36. The molecule has 0 atom stereocenters. The highest BCUT2D eigenvalue weighted by molar-refractivity contribution is 7.98. The molecule has 0 bridgehead atoms.